The fourth-order valence-corrected chi connectivity index (χ4v) is 2.19. The highest BCUT2D eigenvalue weighted by molar-refractivity contribution is 9.10. The van der Waals surface area contributed by atoms with Crippen LogP contribution < -0.4 is 5.32 Å². The zero-order chi connectivity index (χ0) is 11.9. The first-order valence-corrected chi connectivity index (χ1v) is 6.68. The van der Waals surface area contributed by atoms with E-state index in [1.54, 1.807) is 0 Å². The van der Waals surface area contributed by atoms with Gasteiger partial charge in [-0.2, -0.15) is 0 Å². The molecule has 0 aliphatic heterocycles. The Morgan fingerprint density at radius 2 is 1.59 bits per heavy atom. The number of nitrogens with one attached hydrogen (secondary N) is 1. The number of anilines is 1. The van der Waals surface area contributed by atoms with Gasteiger partial charge in [0, 0.05) is 16.7 Å². The van der Waals surface area contributed by atoms with Crippen molar-refractivity contribution in [3.05, 3.63) is 64.6 Å². The van der Waals surface area contributed by atoms with Crippen LogP contribution in [0.5, 0.6) is 0 Å². The Balaban J connectivity index is 1.76. The first kappa shape index (κ1) is 12.2. The van der Waals surface area contributed by atoms with Crippen molar-refractivity contribution in [1.82, 2.24) is 0 Å². The fourth-order valence-electron chi connectivity index (χ4n) is 1.76. The number of hydrogen-bond donors (Lipinski definition) is 1. The maximum atomic E-state index is 3.53. The van der Waals surface area contributed by atoms with Gasteiger partial charge in [0.1, 0.15) is 0 Å². The molecule has 2 aromatic rings. The van der Waals surface area contributed by atoms with E-state index in [9.17, 15) is 0 Å². The lowest BCUT2D eigenvalue weighted by molar-refractivity contribution is 0.862. The molecular weight excluding hydrogens is 274 g/mol. The Morgan fingerprint density at radius 3 is 2.35 bits per heavy atom. The van der Waals surface area contributed by atoms with E-state index in [0.717, 1.165) is 23.9 Å². The van der Waals surface area contributed by atoms with Crippen molar-refractivity contribution in [2.75, 3.05) is 11.9 Å². The van der Waals surface area contributed by atoms with Crippen molar-refractivity contribution in [3.8, 4) is 0 Å². The first-order valence-electron chi connectivity index (χ1n) is 5.88. The largest absolute Gasteiger partial charge is 0.384 e. The summed E-state index contributed by atoms with van der Waals surface area (Å²) in [6, 6.07) is 18.8. The molecular formula is C15H16BrN. The number of halogens is 1. The van der Waals surface area contributed by atoms with Gasteiger partial charge in [0.2, 0.25) is 0 Å². The Kier molecular flexibility index (Phi) is 4.63. The van der Waals surface area contributed by atoms with Gasteiger partial charge in [-0.05, 0) is 46.5 Å². The second-order valence-corrected chi connectivity index (χ2v) is 4.85. The summed E-state index contributed by atoms with van der Waals surface area (Å²) in [6.07, 6.45) is 2.27. The minimum Gasteiger partial charge on any atom is -0.384 e. The number of aryl methyl sites for hydroxylation is 1. The molecule has 0 unspecified atom stereocenters. The lowest BCUT2D eigenvalue weighted by Crippen LogP contribution is -2.03. The number of hydrogen-bond acceptors (Lipinski definition) is 1. The molecule has 0 radical (unpaired) electrons. The Morgan fingerprint density at radius 1 is 0.882 bits per heavy atom. The summed E-state index contributed by atoms with van der Waals surface area (Å²) in [5.74, 6) is 0. The van der Waals surface area contributed by atoms with Gasteiger partial charge < -0.3 is 5.32 Å². The van der Waals surface area contributed by atoms with Gasteiger partial charge in [0.05, 0.1) is 0 Å². The molecule has 0 atom stereocenters. The average Bonchev–Trinajstić information content (AvgIpc) is 2.38. The maximum Gasteiger partial charge on any atom is 0.0484 e. The highest BCUT2D eigenvalue weighted by atomic mass is 79.9. The zero-order valence-corrected chi connectivity index (χ0v) is 11.3. The predicted octanol–water partition coefficient (Wildman–Crippen LogP) is 4.49. The minimum absolute atomic E-state index is 0.998. The summed E-state index contributed by atoms with van der Waals surface area (Å²) < 4.78 is 1.12. The SMILES string of the molecule is Brc1ccccc1NCCCc1ccccc1. The second kappa shape index (κ2) is 6.45. The van der Waals surface area contributed by atoms with Crippen LogP contribution in [-0.4, -0.2) is 6.54 Å². The van der Waals surface area contributed by atoms with Gasteiger partial charge in [-0.3, -0.25) is 0 Å². The molecule has 0 bridgehead atoms. The van der Waals surface area contributed by atoms with Crippen LogP contribution in [0.1, 0.15) is 12.0 Å². The summed E-state index contributed by atoms with van der Waals surface area (Å²) in [4.78, 5) is 0. The lowest BCUT2D eigenvalue weighted by Gasteiger charge is -2.08. The molecule has 0 aliphatic rings. The Hall–Kier alpha value is -1.28. The third-order valence-corrected chi connectivity index (χ3v) is 3.37. The molecule has 88 valence electrons. The summed E-state index contributed by atoms with van der Waals surface area (Å²) in [5, 5.41) is 3.44. The highest BCUT2D eigenvalue weighted by Crippen LogP contribution is 2.20. The van der Waals surface area contributed by atoms with Crippen molar-refractivity contribution in [2.24, 2.45) is 0 Å². The van der Waals surface area contributed by atoms with Crippen LogP contribution in [0.4, 0.5) is 5.69 Å². The molecule has 1 N–H and O–H groups in total. The van der Waals surface area contributed by atoms with Crippen molar-refractivity contribution in [1.29, 1.82) is 0 Å². The van der Waals surface area contributed by atoms with Crippen LogP contribution in [0, 0.1) is 0 Å². The molecule has 0 saturated carbocycles. The molecule has 0 heterocycles. The zero-order valence-electron chi connectivity index (χ0n) is 9.70. The molecule has 0 aliphatic carbocycles. The van der Waals surface area contributed by atoms with E-state index in [1.807, 2.05) is 12.1 Å². The standard InChI is InChI=1S/C15H16BrN/c16-14-10-4-5-11-15(14)17-12-6-9-13-7-2-1-3-8-13/h1-5,7-8,10-11,17H,6,9,12H2. The summed E-state index contributed by atoms with van der Waals surface area (Å²) >= 11 is 3.53. The lowest BCUT2D eigenvalue weighted by atomic mass is 10.1. The Bertz CT molecular complexity index is 453. The molecule has 17 heavy (non-hydrogen) atoms. The molecule has 2 rings (SSSR count). The monoisotopic (exact) mass is 289 g/mol. The summed E-state index contributed by atoms with van der Waals surface area (Å²) in [7, 11) is 0. The van der Waals surface area contributed by atoms with E-state index in [2.05, 4.69) is 63.7 Å². The molecule has 0 spiro atoms. The third-order valence-electron chi connectivity index (χ3n) is 2.67. The number of rotatable bonds is 5. The molecule has 1 nitrogen and oxygen atoms in total. The molecule has 0 fully saturated rings. The van der Waals surface area contributed by atoms with E-state index in [4.69, 9.17) is 0 Å². The molecule has 2 aromatic carbocycles. The van der Waals surface area contributed by atoms with Crippen LogP contribution in [0.25, 0.3) is 0 Å². The van der Waals surface area contributed by atoms with Crippen molar-refractivity contribution in [3.63, 3.8) is 0 Å². The van der Waals surface area contributed by atoms with E-state index >= 15 is 0 Å². The van der Waals surface area contributed by atoms with Gasteiger partial charge in [0.25, 0.3) is 0 Å². The van der Waals surface area contributed by atoms with Gasteiger partial charge in [-0.15, -0.1) is 0 Å². The highest BCUT2D eigenvalue weighted by Gasteiger charge is 1.97. The van der Waals surface area contributed by atoms with Gasteiger partial charge in [-0.1, -0.05) is 42.5 Å². The summed E-state index contributed by atoms with van der Waals surface area (Å²) in [6.45, 7) is 0.998. The van der Waals surface area contributed by atoms with E-state index in [0.29, 0.717) is 0 Å². The maximum absolute atomic E-state index is 3.53. The fraction of sp³-hybridized carbons (Fsp3) is 0.200. The van der Waals surface area contributed by atoms with E-state index in [1.165, 1.54) is 11.3 Å². The third kappa shape index (κ3) is 3.90. The molecule has 0 aromatic heterocycles. The minimum atomic E-state index is 0.998. The van der Waals surface area contributed by atoms with Crippen LogP contribution in [0.2, 0.25) is 0 Å². The number of benzene rings is 2. The smallest absolute Gasteiger partial charge is 0.0484 e. The number of para-hydroxylation sites is 1. The van der Waals surface area contributed by atoms with Crippen LogP contribution >= 0.6 is 15.9 Å². The Labute approximate surface area is 111 Å². The molecule has 2 heteroatoms. The summed E-state index contributed by atoms with van der Waals surface area (Å²) in [5.41, 5.74) is 2.57. The first-order chi connectivity index (χ1) is 8.36. The predicted molar refractivity (Wildman–Crippen MR) is 77.4 cm³/mol. The van der Waals surface area contributed by atoms with Crippen LogP contribution in [0.3, 0.4) is 0 Å². The molecule has 0 saturated heterocycles. The quantitative estimate of drug-likeness (QED) is 0.800. The van der Waals surface area contributed by atoms with Crippen molar-refractivity contribution < 1.29 is 0 Å². The normalized spacial score (nSPS) is 10.2. The van der Waals surface area contributed by atoms with Gasteiger partial charge in [0.15, 0.2) is 0 Å². The second-order valence-electron chi connectivity index (χ2n) is 4.00. The van der Waals surface area contributed by atoms with E-state index in [-0.39, 0.29) is 0 Å². The van der Waals surface area contributed by atoms with Crippen molar-refractivity contribution in [2.45, 2.75) is 12.8 Å². The van der Waals surface area contributed by atoms with Crippen molar-refractivity contribution >= 4 is 21.6 Å². The average molecular weight is 290 g/mol. The van der Waals surface area contributed by atoms with Gasteiger partial charge >= 0.3 is 0 Å². The van der Waals surface area contributed by atoms with Gasteiger partial charge in [-0.25, -0.2) is 0 Å². The van der Waals surface area contributed by atoms with Crippen LogP contribution in [-0.2, 0) is 6.42 Å². The van der Waals surface area contributed by atoms with E-state index < -0.39 is 0 Å². The topological polar surface area (TPSA) is 12.0 Å². The van der Waals surface area contributed by atoms with Crippen LogP contribution in [0.15, 0.2) is 59.1 Å². The molecule has 0 amide bonds.